The third-order valence-electron chi connectivity index (χ3n) is 1.49. The van der Waals surface area contributed by atoms with E-state index in [-0.39, 0.29) is 5.75 Å². The summed E-state index contributed by atoms with van der Waals surface area (Å²) in [5.41, 5.74) is 1.04. The summed E-state index contributed by atoms with van der Waals surface area (Å²) in [7, 11) is 1.52. The van der Waals surface area contributed by atoms with Crippen molar-refractivity contribution < 1.29 is 9.84 Å². The van der Waals surface area contributed by atoms with E-state index in [0.29, 0.717) is 5.75 Å². The first kappa shape index (κ1) is 9.22. The van der Waals surface area contributed by atoms with E-state index in [2.05, 4.69) is 0 Å². The van der Waals surface area contributed by atoms with Gasteiger partial charge in [0.25, 0.3) is 0 Å². The zero-order valence-corrected chi connectivity index (χ0v) is 7.60. The van der Waals surface area contributed by atoms with Gasteiger partial charge in [-0.05, 0) is 17.7 Å². The van der Waals surface area contributed by atoms with Gasteiger partial charge in [0.05, 0.1) is 7.11 Å². The van der Waals surface area contributed by atoms with Crippen molar-refractivity contribution in [1.29, 1.82) is 0 Å². The Labute approximate surface area is 75.7 Å². The number of aromatic hydroxyl groups is 1. The highest BCUT2D eigenvalue weighted by molar-refractivity contribution is 7.96. The maximum atomic E-state index is 9.24. The molecule has 4 heteroatoms. The molecule has 0 unspecified atom stereocenters. The van der Waals surface area contributed by atoms with E-state index >= 15 is 0 Å². The number of phenolic OH excluding ortho intramolecular Hbond substituents is 1. The van der Waals surface area contributed by atoms with Crippen LogP contribution in [0.2, 0.25) is 0 Å². The lowest BCUT2D eigenvalue weighted by molar-refractivity contribution is 0.373. The number of ether oxygens (including phenoxy) is 1. The Kier molecular flexibility index (Phi) is 3.25. The van der Waals surface area contributed by atoms with Gasteiger partial charge in [0.2, 0.25) is 0 Å². The van der Waals surface area contributed by atoms with Crippen LogP contribution in [-0.4, -0.2) is 12.2 Å². The molecule has 1 rings (SSSR count). The third-order valence-corrected chi connectivity index (χ3v) is 1.99. The molecule has 66 valence electrons. The highest BCUT2D eigenvalue weighted by Gasteiger charge is 2.01. The molecule has 0 spiro atoms. The minimum Gasteiger partial charge on any atom is -0.504 e. The van der Waals surface area contributed by atoms with Crippen molar-refractivity contribution >= 4 is 11.9 Å². The molecule has 0 saturated heterocycles. The van der Waals surface area contributed by atoms with Crippen LogP contribution in [-0.2, 0) is 5.75 Å². The summed E-state index contributed by atoms with van der Waals surface area (Å²) in [5.74, 6) is 1.36. The molecule has 12 heavy (non-hydrogen) atoms. The van der Waals surface area contributed by atoms with Crippen LogP contribution in [0.5, 0.6) is 11.5 Å². The zero-order valence-electron chi connectivity index (χ0n) is 6.78. The molecule has 0 saturated carbocycles. The lowest BCUT2D eigenvalue weighted by Crippen LogP contribution is -1.88. The zero-order chi connectivity index (χ0) is 8.97. The first-order valence-corrected chi connectivity index (χ1v) is 4.50. The fraction of sp³-hybridized carbons (Fsp3) is 0.250. The molecule has 0 aliphatic heterocycles. The van der Waals surface area contributed by atoms with Crippen LogP contribution in [0.4, 0.5) is 0 Å². The summed E-state index contributed by atoms with van der Waals surface area (Å²) in [6, 6.07) is 5.19. The Morgan fingerprint density at radius 2 is 2.33 bits per heavy atom. The number of nitrogens with two attached hydrogens (primary N) is 1. The van der Waals surface area contributed by atoms with E-state index in [9.17, 15) is 5.11 Å². The Morgan fingerprint density at radius 1 is 1.58 bits per heavy atom. The van der Waals surface area contributed by atoms with Crippen molar-refractivity contribution in [2.75, 3.05) is 7.11 Å². The first-order valence-electron chi connectivity index (χ1n) is 3.45. The van der Waals surface area contributed by atoms with Gasteiger partial charge in [-0.15, -0.1) is 0 Å². The normalized spacial score (nSPS) is 9.83. The van der Waals surface area contributed by atoms with Crippen molar-refractivity contribution in [1.82, 2.24) is 0 Å². The molecule has 0 heterocycles. The molecule has 0 aliphatic rings. The van der Waals surface area contributed by atoms with Crippen LogP contribution >= 0.6 is 11.9 Å². The van der Waals surface area contributed by atoms with Crippen LogP contribution < -0.4 is 9.88 Å². The average Bonchev–Trinajstić information content (AvgIpc) is 2.09. The van der Waals surface area contributed by atoms with Gasteiger partial charge in [0, 0.05) is 5.75 Å². The van der Waals surface area contributed by atoms with E-state index in [4.69, 9.17) is 9.88 Å². The molecule has 0 bridgehead atoms. The molecule has 1 aromatic carbocycles. The van der Waals surface area contributed by atoms with Gasteiger partial charge in [-0.1, -0.05) is 18.0 Å². The molecule has 0 amide bonds. The number of phenols is 1. The van der Waals surface area contributed by atoms with Gasteiger partial charge in [0.1, 0.15) is 0 Å². The lowest BCUT2D eigenvalue weighted by atomic mass is 10.2. The van der Waals surface area contributed by atoms with Crippen LogP contribution in [0.1, 0.15) is 5.56 Å². The molecule has 3 N–H and O–H groups in total. The molecular weight excluding hydrogens is 174 g/mol. The molecule has 3 nitrogen and oxygen atoms in total. The van der Waals surface area contributed by atoms with E-state index in [1.165, 1.54) is 19.1 Å². The maximum Gasteiger partial charge on any atom is 0.160 e. The van der Waals surface area contributed by atoms with Gasteiger partial charge in [-0.3, -0.25) is 5.14 Å². The number of hydrogen-bond acceptors (Lipinski definition) is 4. The van der Waals surface area contributed by atoms with Crippen molar-refractivity contribution in [3.63, 3.8) is 0 Å². The smallest absolute Gasteiger partial charge is 0.160 e. The largest absolute Gasteiger partial charge is 0.504 e. The van der Waals surface area contributed by atoms with E-state index in [1.54, 1.807) is 12.1 Å². The van der Waals surface area contributed by atoms with Crippen molar-refractivity contribution in [3.8, 4) is 11.5 Å². The topological polar surface area (TPSA) is 55.5 Å². The summed E-state index contributed by atoms with van der Waals surface area (Å²) in [4.78, 5) is 0. The second-order valence-electron chi connectivity index (χ2n) is 2.32. The molecule has 1 aromatic rings. The van der Waals surface area contributed by atoms with E-state index in [0.717, 1.165) is 11.3 Å². The van der Waals surface area contributed by atoms with Crippen LogP contribution in [0.25, 0.3) is 0 Å². The van der Waals surface area contributed by atoms with Crippen molar-refractivity contribution in [2.45, 2.75) is 5.75 Å². The van der Waals surface area contributed by atoms with Gasteiger partial charge in [-0.25, -0.2) is 0 Å². The highest BCUT2D eigenvalue weighted by Crippen LogP contribution is 2.27. The van der Waals surface area contributed by atoms with Crippen LogP contribution in [0.15, 0.2) is 18.2 Å². The van der Waals surface area contributed by atoms with Gasteiger partial charge < -0.3 is 9.84 Å². The Morgan fingerprint density at radius 3 is 2.92 bits per heavy atom. The molecular formula is C8H11NO2S. The highest BCUT2D eigenvalue weighted by atomic mass is 32.2. The van der Waals surface area contributed by atoms with Gasteiger partial charge in [0.15, 0.2) is 11.5 Å². The summed E-state index contributed by atoms with van der Waals surface area (Å²) < 4.78 is 4.93. The van der Waals surface area contributed by atoms with E-state index < -0.39 is 0 Å². The van der Waals surface area contributed by atoms with Crippen LogP contribution in [0, 0.1) is 0 Å². The number of benzene rings is 1. The van der Waals surface area contributed by atoms with Gasteiger partial charge >= 0.3 is 0 Å². The van der Waals surface area contributed by atoms with Gasteiger partial charge in [-0.2, -0.15) is 0 Å². The standard InChI is InChI=1S/C8H11NO2S/c1-11-8-4-6(5-12-9)2-3-7(8)10/h2-4,10H,5,9H2,1H3. The fourth-order valence-corrected chi connectivity index (χ4v) is 1.28. The molecule has 0 atom stereocenters. The predicted molar refractivity (Wildman–Crippen MR) is 50.1 cm³/mol. The fourth-order valence-electron chi connectivity index (χ4n) is 0.908. The Balaban J connectivity index is 2.89. The molecule has 0 fully saturated rings. The molecule has 0 aliphatic carbocycles. The monoisotopic (exact) mass is 185 g/mol. The number of rotatable bonds is 3. The van der Waals surface area contributed by atoms with E-state index in [1.807, 2.05) is 6.07 Å². The van der Waals surface area contributed by atoms with Crippen molar-refractivity contribution in [2.24, 2.45) is 5.14 Å². The second kappa shape index (κ2) is 4.23. The van der Waals surface area contributed by atoms with Crippen molar-refractivity contribution in [3.05, 3.63) is 23.8 Å². The summed E-state index contributed by atoms with van der Waals surface area (Å²) >= 11 is 1.24. The minimum absolute atomic E-state index is 0.156. The number of hydrogen-bond donors (Lipinski definition) is 2. The maximum absolute atomic E-state index is 9.24. The molecule has 0 radical (unpaired) electrons. The SMILES string of the molecule is COc1cc(CSN)ccc1O. The summed E-state index contributed by atoms with van der Waals surface area (Å²) in [5, 5.41) is 14.5. The Bertz CT molecular complexity index is 265. The lowest BCUT2D eigenvalue weighted by Gasteiger charge is -2.04. The first-order chi connectivity index (χ1) is 5.77. The minimum atomic E-state index is 0.156. The molecule has 0 aromatic heterocycles. The Hall–Kier alpha value is -0.870. The van der Waals surface area contributed by atoms with Crippen LogP contribution in [0.3, 0.4) is 0 Å². The quantitative estimate of drug-likeness (QED) is 0.701. The summed E-state index contributed by atoms with van der Waals surface area (Å²) in [6.45, 7) is 0. The third kappa shape index (κ3) is 2.06. The number of methoxy groups -OCH3 is 1. The summed E-state index contributed by atoms with van der Waals surface area (Å²) in [6.07, 6.45) is 0. The average molecular weight is 185 g/mol. The predicted octanol–water partition coefficient (Wildman–Crippen LogP) is 1.51. The second-order valence-corrected chi connectivity index (χ2v) is 2.94.